The van der Waals surface area contributed by atoms with Crippen LogP contribution in [-0.2, 0) is 15.6 Å². The molecule has 0 unspecified atom stereocenters. The van der Waals surface area contributed by atoms with E-state index in [1.54, 1.807) is 0 Å². The zero-order valence-corrected chi connectivity index (χ0v) is 15.0. The lowest BCUT2D eigenvalue weighted by atomic mass is 10.0. The molecule has 0 saturated carbocycles. The van der Waals surface area contributed by atoms with Gasteiger partial charge in [-0.05, 0) is 44.7 Å². The Morgan fingerprint density at radius 2 is 2.00 bits per heavy atom. The molecule has 1 fully saturated rings. The predicted octanol–water partition coefficient (Wildman–Crippen LogP) is 4.69. The van der Waals surface area contributed by atoms with E-state index in [4.69, 9.17) is 4.84 Å². The minimum absolute atomic E-state index is 0.211. The Bertz CT molecular complexity index is 594. The van der Waals surface area contributed by atoms with E-state index in [9.17, 15) is 4.21 Å². The second-order valence-electron chi connectivity index (χ2n) is 6.57. The smallest absolute Gasteiger partial charge is 0.138 e. The Hall–Kier alpha value is -1.13. The van der Waals surface area contributed by atoms with E-state index >= 15 is 0 Å². The molecule has 1 saturated heterocycles. The van der Waals surface area contributed by atoms with E-state index in [1.807, 2.05) is 24.3 Å². The van der Waals surface area contributed by atoms with Crippen molar-refractivity contribution in [1.29, 1.82) is 0 Å². The predicted molar refractivity (Wildman–Crippen MR) is 94.2 cm³/mol. The molecule has 2 heterocycles. The van der Waals surface area contributed by atoms with Crippen molar-refractivity contribution >= 4 is 10.8 Å². The highest BCUT2D eigenvalue weighted by atomic mass is 32.2. The van der Waals surface area contributed by atoms with Gasteiger partial charge in [0.25, 0.3) is 0 Å². The van der Waals surface area contributed by atoms with Crippen LogP contribution in [0.1, 0.15) is 57.4 Å². The average molecular weight is 333 g/mol. The van der Waals surface area contributed by atoms with Crippen molar-refractivity contribution in [2.24, 2.45) is 0 Å². The molecule has 0 aromatic heterocycles. The molecule has 23 heavy (non-hydrogen) atoms. The summed E-state index contributed by atoms with van der Waals surface area (Å²) in [7, 11) is -1.11. The van der Waals surface area contributed by atoms with Crippen LogP contribution in [0.25, 0.3) is 0 Å². The number of rotatable bonds is 6. The summed E-state index contributed by atoms with van der Waals surface area (Å²) >= 11 is 0. The van der Waals surface area contributed by atoms with Crippen LogP contribution in [0, 0.1) is 6.92 Å². The van der Waals surface area contributed by atoms with Gasteiger partial charge in [-0.2, -0.15) is 0 Å². The van der Waals surface area contributed by atoms with Crippen LogP contribution < -0.4 is 0 Å². The summed E-state index contributed by atoms with van der Waals surface area (Å²) in [6.45, 7) is 5.22. The van der Waals surface area contributed by atoms with E-state index < -0.39 is 10.8 Å². The Kier molecular flexibility index (Phi) is 5.54. The van der Waals surface area contributed by atoms with Gasteiger partial charge in [-0.15, -0.1) is 5.06 Å². The van der Waals surface area contributed by atoms with Crippen molar-refractivity contribution in [3.05, 3.63) is 40.5 Å². The van der Waals surface area contributed by atoms with Crippen LogP contribution in [0.2, 0.25) is 0 Å². The lowest BCUT2D eigenvalue weighted by molar-refractivity contribution is -0.132. The van der Waals surface area contributed by atoms with Crippen molar-refractivity contribution in [1.82, 2.24) is 5.06 Å². The molecule has 0 radical (unpaired) electrons. The van der Waals surface area contributed by atoms with E-state index in [1.165, 1.54) is 31.2 Å². The Labute approximate surface area is 142 Å². The molecule has 0 N–H and O–H groups in total. The molecule has 0 spiro atoms. The Morgan fingerprint density at radius 3 is 2.74 bits per heavy atom. The van der Waals surface area contributed by atoms with Gasteiger partial charge in [-0.25, -0.2) is 4.21 Å². The maximum Gasteiger partial charge on any atom is 0.138 e. The van der Waals surface area contributed by atoms with Crippen molar-refractivity contribution in [2.45, 2.75) is 69.7 Å². The highest BCUT2D eigenvalue weighted by Crippen LogP contribution is 2.38. The minimum Gasteiger partial charge on any atom is -0.409 e. The zero-order chi connectivity index (χ0) is 16.2. The number of nitrogens with zero attached hydrogens (tertiary/aromatic N) is 1. The second kappa shape index (κ2) is 7.63. The van der Waals surface area contributed by atoms with Gasteiger partial charge in [-0.3, -0.25) is 0 Å². The van der Waals surface area contributed by atoms with Gasteiger partial charge in [0.1, 0.15) is 5.76 Å². The summed E-state index contributed by atoms with van der Waals surface area (Å²) in [4.78, 5) is 8.04. The molecule has 2 aliphatic rings. The molecular weight excluding hydrogens is 306 g/mol. The third-order valence-corrected chi connectivity index (χ3v) is 6.30. The largest absolute Gasteiger partial charge is 0.409 e. The van der Waals surface area contributed by atoms with E-state index in [0.29, 0.717) is 0 Å². The van der Waals surface area contributed by atoms with Crippen LogP contribution in [0.15, 0.2) is 39.8 Å². The van der Waals surface area contributed by atoms with Crippen LogP contribution in [0.3, 0.4) is 0 Å². The highest BCUT2D eigenvalue weighted by molar-refractivity contribution is 7.89. The van der Waals surface area contributed by atoms with Crippen LogP contribution in [0.5, 0.6) is 0 Å². The summed E-state index contributed by atoms with van der Waals surface area (Å²) in [6.07, 6.45) is 7.84. The number of aryl methyl sites for hydroxylation is 1. The topological polar surface area (TPSA) is 29.5 Å². The van der Waals surface area contributed by atoms with E-state index in [2.05, 4.69) is 18.9 Å². The lowest BCUT2D eigenvalue weighted by Gasteiger charge is -2.28. The van der Waals surface area contributed by atoms with E-state index in [0.717, 1.165) is 41.4 Å². The third kappa shape index (κ3) is 3.69. The number of fused-ring (bicyclic) bond motifs is 1. The first-order chi connectivity index (χ1) is 11.2. The van der Waals surface area contributed by atoms with Gasteiger partial charge < -0.3 is 4.84 Å². The summed E-state index contributed by atoms with van der Waals surface area (Å²) in [5.41, 5.74) is 1.20. The Morgan fingerprint density at radius 1 is 1.22 bits per heavy atom. The molecule has 3 rings (SSSR count). The van der Waals surface area contributed by atoms with Gasteiger partial charge in [0.15, 0.2) is 0 Å². The molecule has 3 nitrogen and oxygen atoms in total. The van der Waals surface area contributed by atoms with Gasteiger partial charge in [0.05, 0.1) is 21.7 Å². The fourth-order valence-corrected chi connectivity index (χ4v) is 4.83. The molecule has 4 heteroatoms. The normalized spacial score (nSPS) is 22.8. The maximum absolute atomic E-state index is 13.2. The quantitative estimate of drug-likeness (QED) is 0.707. The molecule has 0 bridgehead atoms. The number of hydrogen-bond donors (Lipinski definition) is 0. The third-order valence-electron chi connectivity index (χ3n) is 4.70. The number of allylic oxidation sites excluding steroid dienone is 1. The van der Waals surface area contributed by atoms with Gasteiger partial charge >= 0.3 is 0 Å². The second-order valence-corrected chi connectivity index (χ2v) is 8.02. The number of benzene rings is 1. The minimum atomic E-state index is -1.11. The first kappa shape index (κ1) is 16.7. The zero-order valence-electron chi connectivity index (χ0n) is 14.2. The molecule has 126 valence electrons. The van der Waals surface area contributed by atoms with Gasteiger partial charge in [-0.1, -0.05) is 37.5 Å². The van der Waals surface area contributed by atoms with E-state index in [-0.39, 0.29) is 6.04 Å². The molecule has 2 atom stereocenters. The van der Waals surface area contributed by atoms with Crippen LogP contribution in [-0.4, -0.2) is 21.9 Å². The summed E-state index contributed by atoms with van der Waals surface area (Å²) in [5.74, 6) is 0.976. The number of unbranched alkanes of at least 4 members (excludes halogenated alkanes) is 2. The number of hydroxylamine groups is 2. The first-order valence-corrected chi connectivity index (χ1v) is 10.0. The standard InChI is InChI=1S/C19H27NO2S/c1-3-4-5-9-18-19(17-8-6-7-14-20(17)22-18)23(21)16-12-10-15(2)11-13-16/h10-13,17H,3-9,14H2,1-2H3/t17-,23-/m0/s1. The van der Waals surface area contributed by atoms with Crippen molar-refractivity contribution in [2.75, 3.05) is 6.54 Å². The Balaban J connectivity index is 1.86. The van der Waals surface area contributed by atoms with Crippen LogP contribution >= 0.6 is 0 Å². The first-order valence-electron chi connectivity index (χ1n) is 8.86. The fraction of sp³-hybridized carbons (Fsp3) is 0.579. The van der Waals surface area contributed by atoms with Crippen LogP contribution in [0.4, 0.5) is 0 Å². The molecule has 0 aliphatic carbocycles. The SMILES string of the molecule is CCCCCC1=C([S@@](=O)c2ccc(C)cc2)[C@@H]2CCCCN2O1. The maximum atomic E-state index is 13.2. The average Bonchev–Trinajstić information content (AvgIpc) is 2.93. The summed E-state index contributed by atoms with van der Waals surface area (Å²) < 4.78 is 13.2. The number of piperidine rings is 1. The summed E-state index contributed by atoms with van der Waals surface area (Å²) in [5, 5.41) is 2.08. The van der Waals surface area contributed by atoms with Crippen molar-refractivity contribution in [3.8, 4) is 0 Å². The lowest BCUT2D eigenvalue weighted by Crippen LogP contribution is -2.36. The molecule has 0 amide bonds. The molecular formula is C19H27NO2S. The molecule has 1 aromatic carbocycles. The van der Waals surface area contributed by atoms with Crippen molar-refractivity contribution in [3.63, 3.8) is 0 Å². The monoisotopic (exact) mass is 333 g/mol. The number of hydrogen-bond acceptors (Lipinski definition) is 3. The highest BCUT2D eigenvalue weighted by Gasteiger charge is 2.39. The van der Waals surface area contributed by atoms with Gasteiger partial charge in [0, 0.05) is 17.9 Å². The molecule has 2 aliphatic heterocycles. The summed E-state index contributed by atoms with van der Waals surface area (Å²) in [6, 6.07) is 8.28. The fourth-order valence-electron chi connectivity index (χ4n) is 3.37. The van der Waals surface area contributed by atoms with Crippen molar-refractivity contribution < 1.29 is 9.05 Å². The van der Waals surface area contributed by atoms with Gasteiger partial charge in [0.2, 0.25) is 0 Å². The molecule has 1 aromatic rings.